The third kappa shape index (κ3) is 6.20. The number of hydrogen-bond acceptors (Lipinski definition) is 5. The molecule has 7 heteroatoms. The fraction of sp³-hybridized carbons (Fsp3) is 0.706. The van der Waals surface area contributed by atoms with E-state index in [-0.39, 0.29) is 18.1 Å². The summed E-state index contributed by atoms with van der Waals surface area (Å²) in [5.74, 6) is -0.427. The van der Waals surface area contributed by atoms with Crippen LogP contribution in [-0.4, -0.2) is 49.2 Å². The third-order valence-corrected chi connectivity index (χ3v) is 3.49. The third-order valence-electron chi connectivity index (χ3n) is 3.49. The van der Waals surface area contributed by atoms with E-state index in [1.54, 1.807) is 13.8 Å². The van der Waals surface area contributed by atoms with Gasteiger partial charge in [0, 0.05) is 31.8 Å². The van der Waals surface area contributed by atoms with E-state index in [2.05, 4.69) is 42.4 Å². The lowest BCUT2D eigenvalue weighted by Gasteiger charge is -2.33. The quantitative estimate of drug-likeness (QED) is 0.691. The summed E-state index contributed by atoms with van der Waals surface area (Å²) in [6.07, 6.45) is 0.389. The minimum atomic E-state index is -0.427. The second-order valence-corrected chi connectivity index (χ2v) is 7.11. The summed E-state index contributed by atoms with van der Waals surface area (Å²) in [7, 11) is 0. The van der Waals surface area contributed by atoms with E-state index in [9.17, 15) is 9.59 Å². The average molecular weight is 336 g/mol. The molecule has 0 aromatic carbocycles. The predicted octanol–water partition coefficient (Wildman–Crippen LogP) is 1.77. The summed E-state index contributed by atoms with van der Waals surface area (Å²) >= 11 is 0. The first-order chi connectivity index (χ1) is 11.2. The highest BCUT2D eigenvalue weighted by atomic mass is 16.5. The Labute approximate surface area is 144 Å². The Balaban J connectivity index is 3.08. The van der Waals surface area contributed by atoms with Crippen LogP contribution in [0.5, 0.6) is 0 Å². The van der Waals surface area contributed by atoms with Crippen LogP contribution in [0.3, 0.4) is 0 Å². The van der Waals surface area contributed by atoms with Gasteiger partial charge in [-0.05, 0) is 19.3 Å². The molecule has 1 atom stereocenters. The van der Waals surface area contributed by atoms with Crippen LogP contribution in [0.1, 0.15) is 41.0 Å². The van der Waals surface area contributed by atoms with Gasteiger partial charge in [0.15, 0.2) is 0 Å². The van der Waals surface area contributed by atoms with Gasteiger partial charge in [0.1, 0.15) is 0 Å². The first-order valence-corrected chi connectivity index (χ1v) is 8.25. The summed E-state index contributed by atoms with van der Waals surface area (Å²) in [5.41, 5.74) is 1.02. The van der Waals surface area contributed by atoms with Crippen molar-refractivity contribution in [2.45, 2.75) is 47.1 Å². The second kappa shape index (κ2) is 8.69. The van der Waals surface area contributed by atoms with Crippen molar-refractivity contribution in [3.8, 4) is 6.07 Å². The smallest absolute Gasteiger partial charge is 0.337 e. The number of carbonyl (C=O) groups excluding carboxylic acids is 2. The summed E-state index contributed by atoms with van der Waals surface area (Å²) in [5, 5.41) is 14.3. The van der Waals surface area contributed by atoms with Gasteiger partial charge in [0.05, 0.1) is 24.3 Å². The fourth-order valence-electron chi connectivity index (χ4n) is 2.72. The summed E-state index contributed by atoms with van der Waals surface area (Å²) in [4.78, 5) is 26.2. The number of nitriles is 1. The monoisotopic (exact) mass is 336 g/mol. The van der Waals surface area contributed by atoms with E-state index in [1.807, 2.05) is 0 Å². The molecular formula is C17H28N4O3. The van der Waals surface area contributed by atoms with Gasteiger partial charge < -0.3 is 15.4 Å². The van der Waals surface area contributed by atoms with Crippen molar-refractivity contribution in [2.75, 3.05) is 26.2 Å². The van der Waals surface area contributed by atoms with E-state index >= 15 is 0 Å². The van der Waals surface area contributed by atoms with Crippen LogP contribution in [0.15, 0.2) is 11.3 Å². The minimum Gasteiger partial charge on any atom is -0.463 e. The van der Waals surface area contributed by atoms with E-state index in [1.165, 1.54) is 0 Å². The number of amides is 2. The van der Waals surface area contributed by atoms with Gasteiger partial charge in [-0.1, -0.05) is 20.8 Å². The van der Waals surface area contributed by atoms with Crippen molar-refractivity contribution in [3.63, 3.8) is 0 Å². The molecule has 0 fully saturated rings. The van der Waals surface area contributed by atoms with Crippen LogP contribution in [0.25, 0.3) is 0 Å². The Morgan fingerprint density at radius 2 is 2.08 bits per heavy atom. The Bertz CT molecular complexity index is 543. The number of ether oxygens (including phenoxy) is 1. The molecule has 0 unspecified atom stereocenters. The standard InChI is InChI=1S/C17H28N4O3/c1-6-24-15(22)14-12(2)19-16(23)20-13(14)10-21(9-7-8-18)11-17(3,4)5/h12H,6-7,9-11H2,1-5H3,(H2,19,20,23)/t12-/m0/s1. The van der Waals surface area contributed by atoms with E-state index in [4.69, 9.17) is 10.00 Å². The maximum Gasteiger partial charge on any atom is 0.337 e. The zero-order chi connectivity index (χ0) is 18.3. The van der Waals surface area contributed by atoms with Gasteiger partial charge in [0.2, 0.25) is 0 Å². The fourth-order valence-corrected chi connectivity index (χ4v) is 2.72. The number of nitrogens with zero attached hydrogens (tertiary/aromatic N) is 2. The molecule has 1 aliphatic rings. The number of rotatable bonds is 7. The van der Waals surface area contributed by atoms with Crippen molar-refractivity contribution < 1.29 is 14.3 Å². The average Bonchev–Trinajstić information content (AvgIpc) is 2.42. The van der Waals surface area contributed by atoms with Crippen molar-refractivity contribution in [3.05, 3.63) is 11.3 Å². The molecule has 1 rings (SSSR count). The molecule has 0 aromatic heterocycles. The van der Waals surface area contributed by atoms with Gasteiger partial charge in [-0.25, -0.2) is 9.59 Å². The van der Waals surface area contributed by atoms with Crippen LogP contribution in [-0.2, 0) is 9.53 Å². The Kier molecular flexibility index (Phi) is 7.23. The molecule has 1 heterocycles. The molecule has 2 N–H and O–H groups in total. The molecule has 1 aliphatic heterocycles. The van der Waals surface area contributed by atoms with Crippen LogP contribution in [0.4, 0.5) is 4.79 Å². The number of nitrogens with one attached hydrogen (secondary N) is 2. The van der Waals surface area contributed by atoms with E-state index < -0.39 is 12.0 Å². The van der Waals surface area contributed by atoms with Crippen molar-refractivity contribution in [1.29, 1.82) is 5.26 Å². The number of hydrogen-bond donors (Lipinski definition) is 2. The van der Waals surface area contributed by atoms with Gasteiger partial charge in [-0.3, -0.25) is 4.90 Å². The van der Waals surface area contributed by atoms with Crippen LogP contribution in [0, 0.1) is 16.7 Å². The Morgan fingerprint density at radius 1 is 1.42 bits per heavy atom. The van der Waals surface area contributed by atoms with Crippen LogP contribution >= 0.6 is 0 Å². The largest absolute Gasteiger partial charge is 0.463 e. The maximum atomic E-state index is 12.3. The van der Waals surface area contributed by atoms with Gasteiger partial charge in [0.25, 0.3) is 0 Å². The highest BCUT2D eigenvalue weighted by Crippen LogP contribution is 2.19. The van der Waals surface area contributed by atoms with E-state index in [0.717, 1.165) is 6.54 Å². The summed E-state index contributed by atoms with van der Waals surface area (Å²) < 4.78 is 5.12. The van der Waals surface area contributed by atoms with Crippen LogP contribution in [0.2, 0.25) is 0 Å². The normalized spacial score (nSPS) is 18.0. The van der Waals surface area contributed by atoms with Crippen molar-refractivity contribution >= 4 is 12.0 Å². The van der Waals surface area contributed by atoms with Gasteiger partial charge in [-0.2, -0.15) is 5.26 Å². The minimum absolute atomic E-state index is 0.0304. The molecule has 0 saturated carbocycles. The lowest BCUT2D eigenvalue weighted by atomic mass is 9.95. The highest BCUT2D eigenvalue weighted by molar-refractivity contribution is 5.94. The molecule has 0 bridgehead atoms. The maximum absolute atomic E-state index is 12.3. The molecule has 0 aromatic rings. The predicted molar refractivity (Wildman–Crippen MR) is 90.9 cm³/mol. The molecule has 134 valence electrons. The second-order valence-electron chi connectivity index (χ2n) is 7.11. The molecule has 0 aliphatic carbocycles. The van der Waals surface area contributed by atoms with Crippen molar-refractivity contribution in [2.24, 2.45) is 5.41 Å². The molecule has 7 nitrogen and oxygen atoms in total. The van der Waals surface area contributed by atoms with Crippen LogP contribution < -0.4 is 10.6 Å². The Hall–Kier alpha value is -2.07. The number of carbonyl (C=O) groups is 2. The lowest BCUT2D eigenvalue weighted by Crippen LogP contribution is -2.51. The summed E-state index contributed by atoms with van der Waals surface area (Å²) in [6, 6.07) is 1.40. The topological polar surface area (TPSA) is 94.5 Å². The van der Waals surface area contributed by atoms with Gasteiger partial charge >= 0.3 is 12.0 Å². The van der Waals surface area contributed by atoms with E-state index in [0.29, 0.717) is 30.8 Å². The van der Waals surface area contributed by atoms with Gasteiger partial charge in [-0.15, -0.1) is 0 Å². The summed E-state index contributed by atoms with van der Waals surface area (Å²) in [6.45, 7) is 11.8. The zero-order valence-electron chi connectivity index (χ0n) is 15.2. The molecule has 24 heavy (non-hydrogen) atoms. The van der Waals surface area contributed by atoms with Crippen molar-refractivity contribution in [1.82, 2.24) is 15.5 Å². The number of esters is 1. The molecule has 0 spiro atoms. The first kappa shape index (κ1) is 20.0. The zero-order valence-corrected chi connectivity index (χ0v) is 15.2. The Morgan fingerprint density at radius 3 is 2.62 bits per heavy atom. The lowest BCUT2D eigenvalue weighted by molar-refractivity contribution is -0.139. The molecule has 2 amide bonds. The SMILES string of the molecule is CCOC(=O)C1=C(CN(CCC#N)CC(C)(C)C)NC(=O)N[C@H]1C. The molecular weight excluding hydrogens is 308 g/mol. The highest BCUT2D eigenvalue weighted by Gasteiger charge is 2.31. The molecule has 0 radical (unpaired) electrons. The number of urea groups is 1. The first-order valence-electron chi connectivity index (χ1n) is 8.25. The molecule has 0 saturated heterocycles.